The number of amides is 1. The van der Waals surface area contributed by atoms with E-state index in [1.807, 2.05) is 11.8 Å². The topological polar surface area (TPSA) is 95.7 Å². The van der Waals surface area contributed by atoms with Gasteiger partial charge in [-0.15, -0.1) is 0 Å². The molecule has 0 aliphatic heterocycles. The zero-order chi connectivity index (χ0) is 16.5. The van der Waals surface area contributed by atoms with Gasteiger partial charge in [0.25, 0.3) is 5.69 Å². The summed E-state index contributed by atoms with van der Waals surface area (Å²) in [6.45, 7) is 5.63. The minimum Gasteiger partial charge on any atom is -0.395 e. The van der Waals surface area contributed by atoms with E-state index < -0.39 is 4.92 Å². The van der Waals surface area contributed by atoms with Gasteiger partial charge in [-0.05, 0) is 26.0 Å². The Balaban J connectivity index is 2.62. The second kappa shape index (κ2) is 9.11. The van der Waals surface area contributed by atoms with Gasteiger partial charge in [0.2, 0.25) is 5.91 Å². The summed E-state index contributed by atoms with van der Waals surface area (Å²) in [5.74, 6) is -0.192. The molecular formula is C15H23N3O4. The maximum atomic E-state index is 12.0. The number of aliphatic hydroxyl groups excluding tert-OH is 1. The average molecular weight is 309 g/mol. The summed E-state index contributed by atoms with van der Waals surface area (Å²) >= 11 is 0. The van der Waals surface area contributed by atoms with Crippen LogP contribution in [0.5, 0.6) is 0 Å². The zero-order valence-corrected chi connectivity index (χ0v) is 13.0. The maximum absolute atomic E-state index is 12.0. The highest BCUT2D eigenvalue weighted by atomic mass is 16.6. The van der Waals surface area contributed by atoms with Crippen LogP contribution >= 0.6 is 0 Å². The molecule has 0 atom stereocenters. The minimum absolute atomic E-state index is 0.00862. The molecular weight excluding hydrogens is 286 g/mol. The van der Waals surface area contributed by atoms with Crippen LogP contribution < -0.4 is 5.32 Å². The Morgan fingerprint density at radius 1 is 1.36 bits per heavy atom. The fourth-order valence-corrected chi connectivity index (χ4v) is 2.22. The first-order valence-corrected chi connectivity index (χ1v) is 7.36. The summed E-state index contributed by atoms with van der Waals surface area (Å²) in [7, 11) is 0. The molecule has 22 heavy (non-hydrogen) atoms. The van der Waals surface area contributed by atoms with Crippen LogP contribution in [0, 0.1) is 17.0 Å². The third-order valence-electron chi connectivity index (χ3n) is 3.39. The maximum Gasteiger partial charge on any atom is 0.274 e. The fourth-order valence-electron chi connectivity index (χ4n) is 2.22. The number of carbonyl (C=O) groups excluding carboxylic acids is 1. The van der Waals surface area contributed by atoms with Crippen molar-refractivity contribution in [3.05, 3.63) is 33.9 Å². The fraction of sp³-hybridized carbons (Fsp3) is 0.533. The standard InChI is InChI=1S/C15H23N3O4/c1-3-8-17(10-11-19)9-7-15(20)16-13-5-4-6-14(12(13)2)18(21)22/h4-6,19H,3,7-11H2,1-2H3,(H,16,20). The average Bonchev–Trinajstić information content (AvgIpc) is 2.47. The summed E-state index contributed by atoms with van der Waals surface area (Å²) < 4.78 is 0. The molecule has 0 heterocycles. The molecule has 0 saturated heterocycles. The number of hydrogen-bond donors (Lipinski definition) is 2. The van der Waals surface area contributed by atoms with Crippen LogP contribution in [0.3, 0.4) is 0 Å². The Morgan fingerprint density at radius 3 is 2.68 bits per heavy atom. The molecule has 0 fully saturated rings. The van der Waals surface area contributed by atoms with Gasteiger partial charge in [0, 0.05) is 25.6 Å². The minimum atomic E-state index is -0.463. The van der Waals surface area contributed by atoms with Gasteiger partial charge < -0.3 is 15.3 Å². The van der Waals surface area contributed by atoms with Crippen LogP contribution in [0.1, 0.15) is 25.3 Å². The summed E-state index contributed by atoms with van der Waals surface area (Å²) in [5, 5.41) is 22.6. The molecule has 0 aliphatic carbocycles. The van der Waals surface area contributed by atoms with E-state index in [1.54, 1.807) is 19.1 Å². The molecule has 7 nitrogen and oxygen atoms in total. The number of anilines is 1. The first-order chi connectivity index (χ1) is 10.5. The van der Waals surface area contributed by atoms with Crippen LogP contribution in [-0.2, 0) is 4.79 Å². The van der Waals surface area contributed by atoms with Gasteiger partial charge in [-0.1, -0.05) is 13.0 Å². The van der Waals surface area contributed by atoms with Gasteiger partial charge >= 0.3 is 0 Å². The number of nitro benzene ring substituents is 1. The molecule has 0 unspecified atom stereocenters. The van der Waals surface area contributed by atoms with E-state index in [0.29, 0.717) is 24.3 Å². The molecule has 122 valence electrons. The smallest absolute Gasteiger partial charge is 0.274 e. The quantitative estimate of drug-likeness (QED) is 0.537. The number of hydrogen-bond acceptors (Lipinski definition) is 5. The number of benzene rings is 1. The first-order valence-electron chi connectivity index (χ1n) is 7.36. The second-order valence-electron chi connectivity index (χ2n) is 5.07. The Hall–Kier alpha value is -1.99. The lowest BCUT2D eigenvalue weighted by Crippen LogP contribution is -2.31. The van der Waals surface area contributed by atoms with Gasteiger partial charge in [0.1, 0.15) is 0 Å². The molecule has 0 saturated carbocycles. The number of nitrogens with zero attached hydrogens (tertiary/aromatic N) is 2. The van der Waals surface area contributed by atoms with E-state index >= 15 is 0 Å². The van der Waals surface area contributed by atoms with Crippen LogP contribution in [0.4, 0.5) is 11.4 Å². The predicted octanol–water partition coefficient (Wildman–Crippen LogP) is 1.94. The highest BCUT2D eigenvalue weighted by Crippen LogP contribution is 2.25. The Kier molecular flexibility index (Phi) is 7.48. The van der Waals surface area contributed by atoms with E-state index in [-0.39, 0.29) is 24.6 Å². The molecule has 1 rings (SSSR count). The lowest BCUT2D eigenvalue weighted by molar-refractivity contribution is -0.385. The highest BCUT2D eigenvalue weighted by molar-refractivity contribution is 5.92. The Morgan fingerprint density at radius 2 is 2.09 bits per heavy atom. The zero-order valence-electron chi connectivity index (χ0n) is 13.0. The molecule has 0 spiro atoms. The molecule has 0 aromatic heterocycles. The largest absolute Gasteiger partial charge is 0.395 e. The first kappa shape index (κ1) is 18.1. The molecule has 7 heteroatoms. The van der Waals surface area contributed by atoms with Crippen LogP contribution in [0.15, 0.2) is 18.2 Å². The van der Waals surface area contributed by atoms with E-state index in [9.17, 15) is 14.9 Å². The van der Waals surface area contributed by atoms with E-state index in [4.69, 9.17) is 5.11 Å². The van der Waals surface area contributed by atoms with E-state index in [1.165, 1.54) is 6.07 Å². The molecule has 0 bridgehead atoms. The van der Waals surface area contributed by atoms with Gasteiger partial charge in [-0.2, -0.15) is 0 Å². The molecule has 0 radical (unpaired) electrons. The summed E-state index contributed by atoms with van der Waals surface area (Å²) in [5.41, 5.74) is 0.899. The van der Waals surface area contributed by atoms with Gasteiger partial charge in [-0.3, -0.25) is 14.9 Å². The van der Waals surface area contributed by atoms with Gasteiger partial charge in [0.15, 0.2) is 0 Å². The van der Waals surface area contributed by atoms with Crippen LogP contribution in [0.2, 0.25) is 0 Å². The lowest BCUT2D eigenvalue weighted by atomic mass is 10.1. The van der Waals surface area contributed by atoms with Gasteiger partial charge in [-0.25, -0.2) is 0 Å². The lowest BCUT2D eigenvalue weighted by Gasteiger charge is -2.20. The number of aliphatic hydroxyl groups is 1. The highest BCUT2D eigenvalue weighted by Gasteiger charge is 2.15. The SMILES string of the molecule is CCCN(CCO)CCC(=O)Nc1cccc([N+](=O)[O-])c1C. The molecule has 1 aromatic carbocycles. The summed E-state index contributed by atoms with van der Waals surface area (Å²) in [6, 6.07) is 4.61. The van der Waals surface area contributed by atoms with Crippen molar-refractivity contribution in [1.29, 1.82) is 0 Å². The van der Waals surface area contributed by atoms with Crippen molar-refractivity contribution in [2.75, 3.05) is 31.6 Å². The van der Waals surface area contributed by atoms with Crippen molar-refractivity contribution >= 4 is 17.3 Å². The molecule has 0 aliphatic rings. The number of nitro groups is 1. The summed E-state index contributed by atoms with van der Waals surface area (Å²) in [4.78, 5) is 24.4. The van der Waals surface area contributed by atoms with Crippen molar-refractivity contribution in [3.63, 3.8) is 0 Å². The van der Waals surface area contributed by atoms with Crippen molar-refractivity contribution in [1.82, 2.24) is 4.90 Å². The van der Waals surface area contributed by atoms with Crippen molar-refractivity contribution in [3.8, 4) is 0 Å². The van der Waals surface area contributed by atoms with Crippen molar-refractivity contribution in [2.24, 2.45) is 0 Å². The summed E-state index contributed by atoms with van der Waals surface area (Å²) in [6.07, 6.45) is 1.23. The molecule has 1 amide bonds. The Labute approximate surface area is 130 Å². The second-order valence-corrected chi connectivity index (χ2v) is 5.07. The van der Waals surface area contributed by atoms with Crippen LogP contribution in [0.25, 0.3) is 0 Å². The third-order valence-corrected chi connectivity index (χ3v) is 3.39. The number of carbonyl (C=O) groups is 1. The Bertz CT molecular complexity index is 514. The van der Waals surface area contributed by atoms with Crippen molar-refractivity contribution in [2.45, 2.75) is 26.7 Å². The van der Waals surface area contributed by atoms with Crippen molar-refractivity contribution < 1.29 is 14.8 Å². The monoisotopic (exact) mass is 309 g/mol. The number of rotatable bonds is 9. The normalized spacial score (nSPS) is 10.7. The predicted molar refractivity (Wildman–Crippen MR) is 84.9 cm³/mol. The molecule has 2 N–H and O–H groups in total. The van der Waals surface area contributed by atoms with Crippen LogP contribution in [-0.4, -0.2) is 47.1 Å². The van der Waals surface area contributed by atoms with E-state index in [0.717, 1.165) is 13.0 Å². The van der Waals surface area contributed by atoms with Gasteiger partial charge in [0.05, 0.1) is 22.8 Å². The van der Waals surface area contributed by atoms with E-state index in [2.05, 4.69) is 5.32 Å². The third kappa shape index (κ3) is 5.42. The molecule has 1 aromatic rings. The number of nitrogens with one attached hydrogen (secondary N) is 1.